The highest BCUT2D eigenvalue weighted by Gasteiger charge is 2.21. The molecule has 0 N–H and O–H groups in total. The number of rotatable bonds is 4. The maximum absolute atomic E-state index is 5.35. The van der Waals surface area contributed by atoms with Crippen LogP contribution in [0.4, 0.5) is 0 Å². The van der Waals surface area contributed by atoms with Crippen LogP contribution in [0.1, 0.15) is 0 Å². The summed E-state index contributed by atoms with van der Waals surface area (Å²) in [5.74, 6) is 0.655. The molecular weight excluding hydrogens is 681 g/mol. The molecule has 4 heteroatoms. The van der Waals surface area contributed by atoms with Gasteiger partial charge < -0.3 is 4.57 Å². The van der Waals surface area contributed by atoms with E-state index in [1.165, 1.54) is 54.3 Å². The van der Waals surface area contributed by atoms with Crippen molar-refractivity contribution in [2.24, 2.45) is 0 Å². The number of benzene rings is 9. The minimum absolute atomic E-state index is 0.655. The van der Waals surface area contributed by atoms with E-state index in [4.69, 9.17) is 9.97 Å². The molecule has 0 unspecified atom stereocenters. The molecule has 260 valence electrons. The van der Waals surface area contributed by atoms with E-state index in [1.807, 2.05) is 6.07 Å². The lowest BCUT2D eigenvalue weighted by molar-refractivity contribution is 1.01. The van der Waals surface area contributed by atoms with Crippen molar-refractivity contribution in [2.45, 2.75) is 0 Å². The molecule has 9 aromatic carbocycles. The van der Waals surface area contributed by atoms with Gasteiger partial charge in [0.15, 0.2) is 0 Å². The number of para-hydroxylation sites is 3. The normalized spacial score (nSPS) is 11.9. The smallest absolute Gasteiger partial charge is 0.235 e. The standard InChI is InChI=1S/C52H32N4/c1-2-15-34(16-3-1)51-42-21-8-11-23-45(42)53-52(54-51)56-46-24-12-9-19-39(46)40-29-27-36(31-48(40)56)44-32-49-50(41-20-7-6-18-38(41)44)43-22-10-13-25-47(43)55(49)37-28-26-33-14-4-5-17-35(33)30-37/h1-32H. The summed E-state index contributed by atoms with van der Waals surface area (Å²) in [7, 11) is 0. The van der Waals surface area contributed by atoms with Crippen LogP contribution in [0.5, 0.6) is 0 Å². The maximum atomic E-state index is 5.35. The third-order valence-corrected chi connectivity index (χ3v) is 11.5. The van der Waals surface area contributed by atoms with Crippen molar-refractivity contribution in [3.8, 4) is 34.0 Å². The Bertz CT molecular complexity index is 3540. The highest BCUT2D eigenvalue weighted by molar-refractivity contribution is 6.24. The summed E-state index contributed by atoms with van der Waals surface area (Å²) in [5.41, 5.74) is 10.9. The zero-order valence-electron chi connectivity index (χ0n) is 30.3. The monoisotopic (exact) mass is 712 g/mol. The van der Waals surface area contributed by atoms with Gasteiger partial charge in [-0.05, 0) is 75.1 Å². The van der Waals surface area contributed by atoms with Crippen LogP contribution in [0.3, 0.4) is 0 Å². The molecule has 0 aliphatic rings. The zero-order chi connectivity index (χ0) is 36.7. The highest BCUT2D eigenvalue weighted by Crippen LogP contribution is 2.43. The molecule has 0 amide bonds. The van der Waals surface area contributed by atoms with Crippen LogP contribution in [0, 0.1) is 0 Å². The van der Waals surface area contributed by atoms with Crippen molar-refractivity contribution >= 4 is 76.1 Å². The lowest BCUT2D eigenvalue weighted by Gasteiger charge is -2.14. The van der Waals surface area contributed by atoms with E-state index < -0.39 is 0 Å². The molecule has 0 bridgehead atoms. The number of hydrogen-bond acceptors (Lipinski definition) is 2. The third kappa shape index (κ3) is 4.53. The molecule has 56 heavy (non-hydrogen) atoms. The van der Waals surface area contributed by atoms with Gasteiger partial charge in [-0.15, -0.1) is 0 Å². The summed E-state index contributed by atoms with van der Waals surface area (Å²) in [5, 5.41) is 10.8. The van der Waals surface area contributed by atoms with Gasteiger partial charge in [-0.2, -0.15) is 0 Å². The molecule has 12 aromatic rings. The first-order valence-electron chi connectivity index (χ1n) is 19.1. The van der Waals surface area contributed by atoms with Crippen molar-refractivity contribution in [1.29, 1.82) is 0 Å². The molecule has 3 aromatic heterocycles. The van der Waals surface area contributed by atoms with E-state index in [0.29, 0.717) is 5.95 Å². The van der Waals surface area contributed by atoms with E-state index in [-0.39, 0.29) is 0 Å². The fraction of sp³-hybridized carbons (Fsp3) is 0. The summed E-state index contributed by atoms with van der Waals surface area (Å²) in [6, 6.07) is 69.7. The average Bonchev–Trinajstić information content (AvgIpc) is 3.78. The van der Waals surface area contributed by atoms with Gasteiger partial charge in [0, 0.05) is 38.2 Å². The number of nitrogens with zero attached hydrogens (tertiary/aromatic N) is 4. The average molecular weight is 713 g/mol. The molecule has 0 saturated heterocycles. The minimum Gasteiger partial charge on any atom is -0.309 e. The quantitative estimate of drug-likeness (QED) is 0.182. The van der Waals surface area contributed by atoms with Crippen LogP contribution < -0.4 is 0 Å². The first kappa shape index (κ1) is 30.9. The molecule has 0 spiro atoms. The van der Waals surface area contributed by atoms with Crippen LogP contribution in [0.25, 0.3) is 110 Å². The number of hydrogen-bond donors (Lipinski definition) is 0. The van der Waals surface area contributed by atoms with Gasteiger partial charge in [-0.25, -0.2) is 9.97 Å². The van der Waals surface area contributed by atoms with Gasteiger partial charge in [0.25, 0.3) is 0 Å². The molecule has 0 saturated carbocycles. The fourth-order valence-electron chi connectivity index (χ4n) is 9.00. The topological polar surface area (TPSA) is 35.6 Å². The molecule has 0 radical (unpaired) electrons. The van der Waals surface area contributed by atoms with Gasteiger partial charge in [-0.3, -0.25) is 4.57 Å². The van der Waals surface area contributed by atoms with E-state index in [2.05, 4.69) is 197 Å². The summed E-state index contributed by atoms with van der Waals surface area (Å²) < 4.78 is 4.69. The predicted octanol–water partition coefficient (Wildman–Crippen LogP) is 13.5. The second kappa shape index (κ2) is 12.0. The zero-order valence-corrected chi connectivity index (χ0v) is 30.3. The highest BCUT2D eigenvalue weighted by atomic mass is 15.2. The van der Waals surface area contributed by atoms with E-state index in [1.54, 1.807) is 0 Å². The summed E-state index contributed by atoms with van der Waals surface area (Å²) in [4.78, 5) is 10.6. The van der Waals surface area contributed by atoms with E-state index in [0.717, 1.165) is 49.8 Å². The number of aromatic nitrogens is 4. The first-order chi connectivity index (χ1) is 27.8. The molecule has 4 nitrogen and oxygen atoms in total. The Labute approximate surface area is 322 Å². The van der Waals surface area contributed by atoms with Crippen molar-refractivity contribution < 1.29 is 0 Å². The van der Waals surface area contributed by atoms with Crippen molar-refractivity contribution in [3.63, 3.8) is 0 Å². The Hall–Kier alpha value is -7.56. The van der Waals surface area contributed by atoms with Gasteiger partial charge in [0.1, 0.15) is 0 Å². The largest absolute Gasteiger partial charge is 0.309 e. The first-order valence-corrected chi connectivity index (χ1v) is 19.1. The molecule has 0 aliphatic heterocycles. The van der Waals surface area contributed by atoms with Gasteiger partial charge in [0.2, 0.25) is 5.95 Å². The SMILES string of the molecule is c1ccc(-c2nc(-n3c4ccccc4c4ccc(-c5cc6c(c7ccccc57)c5ccccc5n6-c5ccc6ccccc6c5)cc43)nc3ccccc23)cc1. The molecule has 0 fully saturated rings. The third-order valence-electron chi connectivity index (χ3n) is 11.5. The Kier molecular flexibility index (Phi) is 6.60. The molecule has 12 rings (SSSR count). The van der Waals surface area contributed by atoms with Crippen LogP contribution in [0.2, 0.25) is 0 Å². The van der Waals surface area contributed by atoms with Crippen molar-refractivity contribution in [2.75, 3.05) is 0 Å². The second-order valence-corrected chi connectivity index (χ2v) is 14.6. The predicted molar refractivity (Wildman–Crippen MR) is 234 cm³/mol. The Morgan fingerprint density at radius 3 is 1.82 bits per heavy atom. The van der Waals surface area contributed by atoms with Gasteiger partial charge in [-0.1, -0.05) is 152 Å². The lowest BCUT2D eigenvalue weighted by Crippen LogP contribution is -2.03. The molecule has 0 atom stereocenters. The molecular formula is C52H32N4. The van der Waals surface area contributed by atoms with E-state index in [9.17, 15) is 0 Å². The van der Waals surface area contributed by atoms with Crippen LogP contribution in [-0.4, -0.2) is 19.1 Å². The van der Waals surface area contributed by atoms with E-state index >= 15 is 0 Å². The summed E-state index contributed by atoms with van der Waals surface area (Å²) >= 11 is 0. The number of fused-ring (bicyclic) bond motifs is 10. The van der Waals surface area contributed by atoms with Gasteiger partial charge in [0.05, 0.1) is 33.3 Å². The Balaban J connectivity index is 1.16. The van der Waals surface area contributed by atoms with Crippen molar-refractivity contribution in [3.05, 3.63) is 194 Å². The van der Waals surface area contributed by atoms with Crippen LogP contribution in [0.15, 0.2) is 194 Å². The van der Waals surface area contributed by atoms with Crippen molar-refractivity contribution in [1.82, 2.24) is 19.1 Å². The van der Waals surface area contributed by atoms with Gasteiger partial charge >= 0.3 is 0 Å². The lowest BCUT2D eigenvalue weighted by atomic mass is 9.94. The van der Waals surface area contributed by atoms with Crippen LogP contribution >= 0.6 is 0 Å². The molecule has 0 aliphatic carbocycles. The second-order valence-electron chi connectivity index (χ2n) is 14.6. The fourth-order valence-corrected chi connectivity index (χ4v) is 9.00. The summed E-state index contributed by atoms with van der Waals surface area (Å²) in [6.45, 7) is 0. The maximum Gasteiger partial charge on any atom is 0.235 e. The minimum atomic E-state index is 0.655. The Morgan fingerprint density at radius 1 is 0.339 bits per heavy atom. The van der Waals surface area contributed by atoms with Crippen LogP contribution in [-0.2, 0) is 0 Å². The molecule has 3 heterocycles. The Morgan fingerprint density at radius 2 is 0.982 bits per heavy atom. The summed E-state index contributed by atoms with van der Waals surface area (Å²) in [6.07, 6.45) is 0.